The van der Waals surface area contributed by atoms with E-state index in [1.807, 2.05) is 13.8 Å². The molecule has 1 heterocycles. The van der Waals surface area contributed by atoms with Crippen molar-refractivity contribution in [3.05, 3.63) is 29.1 Å². The first-order valence-corrected chi connectivity index (χ1v) is 6.32. The van der Waals surface area contributed by atoms with Crippen LogP contribution in [-0.2, 0) is 0 Å². The van der Waals surface area contributed by atoms with Gasteiger partial charge >= 0.3 is 0 Å². The van der Waals surface area contributed by atoms with Crippen molar-refractivity contribution in [2.75, 3.05) is 13.6 Å². The summed E-state index contributed by atoms with van der Waals surface area (Å²) in [5, 5.41) is 2.50. The fourth-order valence-electron chi connectivity index (χ4n) is 2.57. The predicted octanol–water partition coefficient (Wildman–Crippen LogP) is 2.21. The number of amides is 1. The Hall–Kier alpha value is -1.33. The Labute approximate surface area is 124 Å². The van der Waals surface area contributed by atoms with E-state index in [1.165, 1.54) is 19.2 Å². The Balaban J connectivity index is 0.00000200. The molecule has 20 heavy (non-hydrogen) atoms. The number of ether oxygens (including phenoxy) is 1. The lowest BCUT2D eigenvalue weighted by Gasteiger charge is -2.38. The highest BCUT2D eigenvalue weighted by atomic mass is 35.5. The normalized spacial score (nSPS) is 19.4. The first-order chi connectivity index (χ1) is 8.88. The number of nitrogens with two attached hydrogens (primary N) is 1. The van der Waals surface area contributed by atoms with E-state index in [1.54, 1.807) is 0 Å². The van der Waals surface area contributed by atoms with Gasteiger partial charge in [0.2, 0.25) is 0 Å². The van der Waals surface area contributed by atoms with E-state index < -0.39 is 11.4 Å². The molecule has 1 aromatic carbocycles. The van der Waals surface area contributed by atoms with E-state index in [9.17, 15) is 9.18 Å². The van der Waals surface area contributed by atoms with Gasteiger partial charge in [0.25, 0.3) is 5.91 Å². The number of nitrogens with one attached hydrogen (secondary N) is 1. The highest BCUT2D eigenvalue weighted by Gasteiger charge is 2.36. The number of rotatable bonds is 2. The molecule has 0 radical (unpaired) electrons. The second-order valence-corrected chi connectivity index (χ2v) is 5.45. The smallest absolute Gasteiger partial charge is 0.254 e. The molecule has 1 amide bonds. The van der Waals surface area contributed by atoms with E-state index in [-0.39, 0.29) is 29.8 Å². The topological polar surface area (TPSA) is 64.3 Å². The van der Waals surface area contributed by atoms with Crippen molar-refractivity contribution in [3.63, 3.8) is 0 Å². The second kappa shape index (κ2) is 5.97. The van der Waals surface area contributed by atoms with E-state index in [0.717, 1.165) is 0 Å². The first-order valence-electron chi connectivity index (χ1n) is 6.32. The van der Waals surface area contributed by atoms with Crippen molar-refractivity contribution < 1.29 is 13.9 Å². The van der Waals surface area contributed by atoms with Crippen molar-refractivity contribution >= 4 is 18.3 Å². The summed E-state index contributed by atoms with van der Waals surface area (Å²) in [6.07, 6.45) is 0.702. The van der Waals surface area contributed by atoms with Crippen LogP contribution in [0.4, 0.5) is 4.39 Å². The van der Waals surface area contributed by atoms with Gasteiger partial charge < -0.3 is 15.8 Å². The van der Waals surface area contributed by atoms with Crippen LogP contribution in [0.1, 0.15) is 42.1 Å². The molecular formula is C14H20ClFN2O2. The van der Waals surface area contributed by atoms with Gasteiger partial charge in [0.15, 0.2) is 0 Å². The quantitative estimate of drug-likeness (QED) is 0.880. The average molecular weight is 303 g/mol. The molecule has 0 spiro atoms. The predicted molar refractivity (Wildman–Crippen MR) is 78.2 cm³/mol. The number of fused-ring (bicyclic) bond motifs is 1. The standard InChI is InChI=1S/C14H19FN2O2.ClH/c1-14(2)6-8(7-16)10-4-9(15)5-11(12(10)19-14)13(18)17-3;/h4-5,8H,6-7,16H2,1-3H3,(H,17,18);1H. The molecule has 0 saturated heterocycles. The fraction of sp³-hybridized carbons (Fsp3) is 0.500. The Kier molecular flexibility index (Phi) is 5.00. The molecule has 1 aliphatic rings. The van der Waals surface area contributed by atoms with Crippen LogP contribution in [-0.4, -0.2) is 25.1 Å². The SMILES string of the molecule is CNC(=O)c1cc(F)cc2c1OC(C)(C)CC2CN.Cl. The fourth-order valence-corrected chi connectivity index (χ4v) is 2.57. The Morgan fingerprint density at radius 1 is 1.55 bits per heavy atom. The Morgan fingerprint density at radius 2 is 2.20 bits per heavy atom. The third-order valence-corrected chi connectivity index (χ3v) is 3.39. The van der Waals surface area contributed by atoms with Crippen LogP contribution in [0, 0.1) is 5.82 Å². The molecule has 6 heteroatoms. The number of hydrogen-bond donors (Lipinski definition) is 2. The second-order valence-electron chi connectivity index (χ2n) is 5.45. The van der Waals surface area contributed by atoms with Gasteiger partial charge in [-0.3, -0.25) is 4.79 Å². The van der Waals surface area contributed by atoms with Gasteiger partial charge in [-0.05, 0) is 38.9 Å². The van der Waals surface area contributed by atoms with Crippen LogP contribution in [0.15, 0.2) is 12.1 Å². The highest BCUT2D eigenvalue weighted by Crippen LogP contribution is 2.42. The van der Waals surface area contributed by atoms with Crippen molar-refractivity contribution in [1.29, 1.82) is 0 Å². The minimum Gasteiger partial charge on any atom is -0.487 e. The van der Waals surface area contributed by atoms with Crippen LogP contribution in [0.25, 0.3) is 0 Å². The van der Waals surface area contributed by atoms with Crippen molar-refractivity contribution in [2.45, 2.75) is 31.8 Å². The van der Waals surface area contributed by atoms with Crippen LogP contribution in [0.2, 0.25) is 0 Å². The molecule has 1 atom stereocenters. The molecule has 0 aliphatic carbocycles. The molecule has 0 bridgehead atoms. The molecule has 0 fully saturated rings. The minimum atomic E-state index is -0.445. The zero-order chi connectivity index (χ0) is 14.2. The van der Waals surface area contributed by atoms with Gasteiger partial charge in [0.1, 0.15) is 17.2 Å². The molecule has 0 saturated carbocycles. The zero-order valence-electron chi connectivity index (χ0n) is 11.8. The van der Waals surface area contributed by atoms with Crippen LogP contribution >= 0.6 is 12.4 Å². The molecule has 4 nitrogen and oxygen atoms in total. The van der Waals surface area contributed by atoms with Crippen molar-refractivity contribution in [2.24, 2.45) is 5.73 Å². The molecular weight excluding hydrogens is 283 g/mol. The van der Waals surface area contributed by atoms with Gasteiger partial charge in [-0.1, -0.05) is 0 Å². The summed E-state index contributed by atoms with van der Waals surface area (Å²) >= 11 is 0. The maximum atomic E-state index is 13.7. The van der Waals surface area contributed by atoms with Gasteiger partial charge in [-0.25, -0.2) is 4.39 Å². The summed E-state index contributed by atoms with van der Waals surface area (Å²) in [6.45, 7) is 4.28. The molecule has 1 aromatic rings. The number of hydrogen-bond acceptors (Lipinski definition) is 3. The molecule has 112 valence electrons. The highest BCUT2D eigenvalue weighted by molar-refractivity contribution is 5.97. The lowest BCUT2D eigenvalue weighted by atomic mass is 9.83. The average Bonchev–Trinajstić information content (AvgIpc) is 2.36. The summed E-state index contributed by atoms with van der Waals surface area (Å²) in [7, 11) is 1.51. The summed E-state index contributed by atoms with van der Waals surface area (Å²) < 4.78 is 19.6. The van der Waals surface area contributed by atoms with E-state index in [2.05, 4.69) is 5.32 Å². The van der Waals surface area contributed by atoms with Crippen molar-refractivity contribution in [3.8, 4) is 5.75 Å². The number of carbonyl (C=O) groups is 1. The maximum Gasteiger partial charge on any atom is 0.254 e. The maximum absolute atomic E-state index is 13.7. The minimum absolute atomic E-state index is 0. The van der Waals surface area contributed by atoms with Crippen LogP contribution in [0.5, 0.6) is 5.75 Å². The number of halogens is 2. The molecule has 1 aliphatic heterocycles. The molecule has 0 aromatic heterocycles. The Morgan fingerprint density at radius 3 is 2.75 bits per heavy atom. The van der Waals surface area contributed by atoms with Gasteiger partial charge in [0, 0.05) is 18.5 Å². The van der Waals surface area contributed by atoms with Crippen LogP contribution < -0.4 is 15.8 Å². The molecule has 3 N–H and O–H groups in total. The summed E-state index contributed by atoms with van der Waals surface area (Å²) in [5.74, 6) is -0.353. The van der Waals surface area contributed by atoms with Gasteiger partial charge in [-0.15, -0.1) is 12.4 Å². The van der Waals surface area contributed by atoms with E-state index in [0.29, 0.717) is 24.3 Å². The van der Waals surface area contributed by atoms with Gasteiger partial charge in [-0.2, -0.15) is 0 Å². The van der Waals surface area contributed by atoms with Crippen LogP contribution in [0.3, 0.4) is 0 Å². The van der Waals surface area contributed by atoms with E-state index in [4.69, 9.17) is 10.5 Å². The molecule has 2 rings (SSSR count). The largest absolute Gasteiger partial charge is 0.487 e. The monoisotopic (exact) mass is 302 g/mol. The van der Waals surface area contributed by atoms with Crippen molar-refractivity contribution in [1.82, 2.24) is 5.32 Å². The molecule has 1 unspecified atom stereocenters. The summed E-state index contributed by atoms with van der Waals surface area (Å²) in [5.41, 5.74) is 6.26. The van der Waals surface area contributed by atoms with Gasteiger partial charge in [0.05, 0.1) is 5.56 Å². The summed E-state index contributed by atoms with van der Waals surface area (Å²) in [6, 6.07) is 2.61. The number of benzene rings is 1. The lowest BCUT2D eigenvalue weighted by Crippen LogP contribution is -2.38. The third-order valence-electron chi connectivity index (χ3n) is 3.39. The lowest BCUT2D eigenvalue weighted by molar-refractivity contribution is 0.0697. The Bertz CT molecular complexity index is 520. The zero-order valence-corrected chi connectivity index (χ0v) is 12.6. The third kappa shape index (κ3) is 3.04. The number of carbonyl (C=O) groups excluding carboxylic acids is 1. The van der Waals surface area contributed by atoms with E-state index >= 15 is 0 Å². The first kappa shape index (κ1) is 16.7. The summed E-state index contributed by atoms with van der Waals surface area (Å²) in [4.78, 5) is 11.9.